The molecule has 1 aromatic carbocycles. The summed E-state index contributed by atoms with van der Waals surface area (Å²) in [4.78, 5) is 0. The highest BCUT2D eigenvalue weighted by molar-refractivity contribution is 5.21. The second kappa shape index (κ2) is 4.66. The fourth-order valence-corrected chi connectivity index (χ4v) is 1.21. The molecule has 0 fully saturated rings. The molecule has 0 saturated heterocycles. The fraction of sp³-hybridized carbons (Fsp3) is 0.455. The number of benzene rings is 1. The molecule has 4 heteroatoms. The third kappa shape index (κ3) is 2.96. The van der Waals surface area contributed by atoms with Crippen molar-refractivity contribution in [1.82, 2.24) is 0 Å². The van der Waals surface area contributed by atoms with Crippen molar-refractivity contribution in [3.8, 4) is 0 Å². The van der Waals surface area contributed by atoms with Crippen molar-refractivity contribution in [2.45, 2.75) is 26.3 Å². The molecule has 0 aliphatic heterocycles. The first kappa shape index (κ1) is 12.0. The lowest BCUT2D eigenvalue weighted by Crippen LogP contribution is -2.29. The summed E-state index contributed by atoms with van der Waals surface area (Å²) < 4.78 is 38.6. The third-order valence-corrected chi connectivity index (χ3v) is 2.40. The zero-order chi connectivity index (χ0) is 11.6. The van der Waals surface area contributed by atoms with Gasteiger partial charge in [-0.1, -0.05) is 13.8 Å². The van der Waals surface area contributed by atoms with E-state index in [0.29, 0.717) is 6.07 Å². The molecule has 0 spiro atoms. The van der Waals surface area contributed by atoms with Gasteiger partial charge >= 0.3 is 0 Å². The molecule has 15 heavy (non-hydrogen) atoms. The van der Waals surface area contributed by atoms with Gasteiger partial charge in [0.15, 0.2) is 11.6 Å². The van der Waals surface area contributed by atoms with E-state index in [1.165, 1.54) is 0 Å². The Kier molecular flexibility index (Phi) is 3.74. The van der Waals surface area contributed by atoms with Crippen LogP contribution in [0.15, 0.2) is 12.1 Å². The van der Waals surface area contributed by atoms with E-state index >= 15 is 0 Å². The molecular weight excluding hydrogens is 203 g/mol. The van der Waals surface area contributed by atoms with Crippen LogP contribution >= 0.6 is 0 Å². The molecule has 0 aliphatic carbocycles. The van der Waals surface area contributed by atoms with E-state index in [1.807, 2.05) is 13.8 Å². The summed E-state index contributed by atoms with van der Waals surface area (Å²) in [6, 6.07) is 1.16. The average Bonchev–Trinajstić information content (AvgIpc) is 2.13. The van der Waals surface area contributed by atoms with Crippen LogP contribution in [-0.4, -0.2) is 6.04 Å². The Morgan fingerprint density at radius 2 is 1.60 bits per heavy atom. The number of halogens is 3. The molecule has 0 amide bonds. The first-order valence-corrected chi connectivity index (χ1v) is 4.80. The van der Waals surface area contributed by atoms with Gasteiger partial charge in [0.2, 0.25) is 0 Å². The average molecular weight is 217 g/mol. The van der Waals surface area contributed by atoms with Crippen molar-refractivity contribution in [2.75, 3.05) is 0 Å². The van der Waals surface area contributed by atoms with Crippen LogP contribution in [0, 0.1) is 23.4 Å². The van der Waals surface area contributed by atoms with E-state index in [9.17, 15) is 13.2 Å². The maximum Gasteiger partial charge on any atom is 0.161 e. The van der Waals surface area contributed by atoms with Crippen LogP contribution in [0.5, 0.6) is 0 Å². The van der Waals surface area contributed by atoms with Crippen LogP contribution in [0.25, 0.3) is 0 Å². The van der Waals surface area contributed by atoms with Crippen LogP contribution in [0.2, 0.25) is 0 Å². The van der Waals surface area contributed by atoms with Crippen molar-refractivity contribution in [3.05, 3.63) is 35.1 Å². The van der Waals surface area contributed by atoms with Gasteiger partial charge in [-0.2, -0.15) is 0 Å². The van der Waals surface area contributed by atoms with E-state index in [0.717, 1.165) is 6.07 Å². The minimum absolute atomic E-state index is 0.120. The Bertz CT molecular complexity index is 350. The lowest BCUT2D eigenvalue weighted by atomic mass is 9.97. The monoisotopic (exact) mass is 217 g/mol. The summed E-state index contributed by atoms with van der Waals surface area (Å²) in [5.41, 5.74) is 5.84. The quantitative estimate of drug-likeness (QED) is 0.774. The number of hydrogen-bond acceptors (Lipinski definition) is 1. The van der Waals surface area contributed by atoms with E-state index < -0.39 is 17.5 Å². The SMILES string of the molecule is CC(C)[C@H](N)Cc1cc(F)c(F)cc1F. The van der Waals surface area contributed by atoms with Gasteiger partial charge in [0, 0.05) is 12.1 Å². The minimum atomic E-state index is -1.17. The van der Waals surface area contributed by atoms with Crippen LogP contribution in [0.4, 0.5) is 13.2 Å². The Morgan fingerprint density at radius 1 is 1.07 bits per heavy atom. The molecule has 0 unspecified atom stereocenters. The largest absolute Gasteiger partial charge is 0.327 e. The van der Waals surface area contributed by atoms with E-state index in [2.05, 4.69) is 0 Å². The van der Waals surface area contributed by atoms with Crippen molar-refractivity contribution in [2.24, 2.45) is 11.7 Å². The van der Waals surface area contributed by atoms with Crippen molar-refractivity contribution < 1.29 is 13.2 Å². The van der Waals surface area contributed by atoms with Gasteiger partial charge in [0.1, 0.15) is 5.82 Å². The maximum absolute atomic E-state index is 13.2. The molecule has 1 atom stereocenters. The number of nitrogens with two attached hydrogens (primary N) is 1. The summed E-state index contributed by atoms with van der Waals surface area (Å²) in [6.07, 6.45) is 0.209. The van der Waals surface area contributed by atoms with E-state index in [1.54, 1.807) is 0 Å². The molecule has 0 heterocycles. The molecule has 0 aliphatic rings. The zero-order valence-corrected chi connectivity index (χ0v) is 8.73. The molecule has 0 saturated carbocycles. The molecule has 2 N–H and O–H groups in total. The molecule has 0 bridgehead atoms. The Morgan fingerprint density at radius 3 is 2.13 bits per heavy atom. The summed E-state index contributed by atoms with van der Waals surface area (Å²) in [6.45, 7) is 3.78. The second-order valence-corrected chi connectivity index (χ2v) is 3.97. The van der Waals surface area contributed by atoms with Gasteiger partial charge < -0.3 is 5.73 Å². The predicted molar refractivity (Wildman–Crippen MR) is 52.8 cm³/mol. The first-order valence-electron chi connectivity index (χ1n) is 4.80. The molecule has 0 radical (unpaired) electrons. The second-order valence-electron chi connectivity index (χ2n) is 3.97. The first-order chi connectivity index (χ1) is 6.91. The standard InChI is InChI=1S/C11H14F3N/c1-6(2)11(15)4-7-3-9(13)10(14)5-8(7)12/h3,5-6,11H,4,15H2,1-2H3/t11-/m1/s1. The van der Waals surface area contributed by atoms with E-state index in [-0.39, 0.29) is 23.9 Å². The molecule has 0 aromatic heterocycles. The lowest BCUT2D eigenvalue weighted by molar-refractivity contribution is 0.463. The molecule has 1 rings (SSSR count). The highest BCUT2D eigenvalue weighted by Gasteiger charge is 2.14. The van der Waals surface area contributed by atoms with Gasteiger partial charge in [-0.05, 0) is 24.0 Å². The third-order valence-electron chi connectivity index (χ3n) is 2.40. The minimum Gasteiger partial charge on any atom is -0.327 e. The highest BCUT2D eigenvalue weighted by atomic mass is 19.2. The van der Waals surface area contributed by atoms with Crippen LogP contribution in [-0.2, 0) is 6.42 Å². The molecular formula is C11H14F3N. The Hall–Kier alpha value is -1.03. The van der Waals surface area contributed by atoms with Crippen molar-refractivity contribution >= 4 is 0 Å². The predicted octanol–water partition coefficient (Wildman–Crippen LogP) is 2.63. The van der Waals surface area contributed by atoms with Crippen LogP contribution in [0.3, 0.4) is 0 Å². The van der Waals surface area contributed by atoms with E-state index in [4.69, 9.17) is 5.73 Å². The molecule has 1 nitrogen and oxygen atoms in total. The Labute approximate surface area is 87.1 Å². The summed E-state index contributed by atoms with van der Waals surface area (Å²) in [7, 11) is 0. The Balaban J connectivity index is 2.91. The lowest BCUT2D eigenvalue weighted by Gasteiger charge is -2.15. The van der Waals surface area contributed by atoms with Crippen LogP contribution < -0.4 is 5.73 Å². The maximum atomic E-state index is 13.2. The zero-order valence-electron chi connectivity index (χ0n) is 8.73. The smallest absolute Gasteiger partial charge is 0.161 e. The van der Waals surface area contributed by atoms with Gasteiger partial charge in [0.05, 0.1) is 0 Å². The molecule has 84 valence electrons. The normalized spacial score (nSPS) is 13.3. The van der Waals surface area contributed by atoms with Gasteiger partial charge in [0.25, 0.3) is 0 Å². The summed E-state index contributed by atoms with van der Waals surface area (Å²) in [5, 5.41) is 0. The summed E-state index contributed by atoms with van der Waals surface area (Å²) in [5.74, 6) is -2.79. The van der Waals surface area contributed by atoms with Gasteiger partial charge in [-0.15, -0.1) is 0 Å². The van der Waals surface area contributed by atoms with Crippen molar-refractivity contribution in [1.29, 1.82) is 0 Å². The van der Waals surface area contributed by atoms with Crippen LogP contribution in [0.1, 0.15) is 19.4 Å². The molecule has 1 aromatic rings. The number of rotatable bonds is 3. The fourth-order valence-electron chi connectivity index (χ4n) is 1.21. The topological polar surface area (TPSA) is 26.0 Å². The van der Waals surface area contributed by atoms with Gasteiger partial charge in [-0.3, -0.25) is 0 Å². The highest BCUT2D eigenvalue weighted by Crippen LogP contribution is 2.16. The summed E-state index contributed by atoms with van der Waals surface area (Å²) >= 11 is 0. The number of hydrogen-bond donors (Lipinski definition) is 1. The van der Waals surface area contributed by atoms with Gasteiger partial charge in [-0.25, -0.2) is 13.2 Å². The van der Waals surface area contributed by atoms with Crippen molar-refractivity contribution in [3.63, 3.8) is 0 Å².